The number of nitrogens with one attached hydrogen (secondary N) is 1. The molecule has 0 aromatic carbocycles. The van der Waals surface area contributed by atoms with Crippen LogP contribution in [-0.4, -0.2) is 19.8 Å². The molecule has 0 aliphatic heterocycles. The van der Waals surface area contributed by atoms with E-state index in [9.17, 15) is 0 Å². The molecule has 4 heteroatoms. The van der Waals surface area contributed by atoms with Gasteiger partial charge in [0.05, 0.1) is 6.20 Å². The minimum absolute atomic E-state index is 0.921. The fourth-order valence-corrected chi connectivity index (χ4v) is 0.644. The van der Waals surface area contributed by atoms with Gasteiger partial charge in [0, 0.05) is 6.07 Å². The lowest BCUT2D eigenvalue weighted by atomic mass is 10.7. The van der Waals surface area contributed by atoms with Gasteiger partial charge in [0.2, 0.25) is 0 Å². The van der Waals surface area contributed by atoms with E-state index in [1.807, 2.05) is 6.07 Å². The summed E-state index contributed by atoms with van der Waals surface area (Å²) in [5.41, 5.74) is 0.921. The lowest BCUT2D eigenvalue weighted by Gasteiger charge is -1.70. The number of rotatable bonds is 0. The number of nitrogens with zero attached hydrogens (tertiary/aromatic N) is 3. The fourth-order valence-electron chi connectivity index (χ4n) is 0.644. The summed E-state index contributed by atoms with van der Waals surface area (Å²) in [7, 11) is 0. The fraction of sp³-hybridized carbons (Fsp3) is 0. The summed E-state index contributed by atoms with van der Waals surface area (Å²) in [5, 5.41) is 7.68. The van der Waals surface area contributed by atoms with E-state index >= 15 is 0 Å². The van der Waals surface area contributed by atoms with Gasteiger partial charge in [0.25, 0.3) is 0 Å². The molecule has 0 bridgehead atoms. The van der Waals surface area contributed by atoms with Crippen molar-refractivity contribution in [3.05, 3.63) is 18.6 Å². The van der Waals surface area contributed by atoms with Crippen molar-refractivity contribution >= 4 is 5.65 Å². The van der Waals surface area contributed by atoms with Gasteiger partial charge in [-0.15, -0.1) is 9.73 Å². The maximum absolute atomic E-state index is 3.85. The van der Waals surface area contributed by atoms with Crippen LogP contribution in [0.25, 0.3) is 5.65 Å². The van der Waals surface area contributed by atoms with Crippen molar-refractivity contribution in [2.24, 2.45) is 0 Å². The minimum atomic E-state index is 0.921. The Labute approximate surface area is 45.1 Å². The molecule has 4 nitrogen and oxygen atoms in total. The van der Waals surface area contributed by atoms with Crippen LogP contribution < -0.4 is 0 Å². The number of aromatic nitrogens is 4. The number of aromatic amines is 1. The molecule has 8 heavy (non-hydrogen) atoms. The summed E-state index contributed by atoms with van der Waals surface area (Å²) in [5.74, 6) is 0. The van der Waals surface area contributed by atoms with Gasteiger partial charge in [-0.1, -0.05) is 0 Å². The van der Waals surface area contributed by atoms with Crippen molar-refractivity contribution in [2.45, 2.75) is 0 Å². The summed E-state index contributed by atoms with van der Waals surface area (Å²) >= 11 is 0. The zero-order chi connectivity index (χ0) is 5.40. The molecule has 40 valence electrons. The standard InChI is InChI=1S/C4H4N4/c1-2-6-8-4(1)5-3-7-8/h1-3H,(H,5,7). The van der Waals surface area contributed by atoms with Crippen molar-refractivity contribution in [1.29, 1.82) is 0 Å². The van der Waals surface area contributed by atoms with Crippen LogP contribution in [0.2, 0.25) is 0 Å². The summed E-state index contributed by atoms with van der Waals surface area (Å²) in [6, 6.07) is 1.85. The molecule has 0 aliphatic carbocycles. The highest BCUT2D eigenvalue weighted by molar-refractivity contribution is 5.32. The highest BCUT2D eigenvalue weighted by Gasteiger charge is 1.88. The summed E-state index contributed by atoms with van der Waals surface area (Å²) < 4.78 is 1.53. The van der Waals surface area contributed by atoms with Crippen LogP contribution in [0.4, 0.5) is 0 Å². The highest BCUT2D eigenvalue weighted by Crippen LogP contribution is 1.90. The Kier molecular flexibility index (Phi) is 0.498. The van der Waals surface area contributed by atoms with E-state index in [1.54, 1.807) is 12.5 Å². The topological polar surface area (TPSA) is 46.0 Å². The molecule has 0 spiro atoms. The molecule has 2 heterocycles. The van der Waals surface area contributed by atoms with Gasteiger partial charge in [0.1, 0.15) is 6.33 Å². The molecule has 0 atom stereocenters. The molecule has 2 aromatic rings. The lowest BCUT2D eigenvalue weighted by Crippen LogP contribution is -1.81. The Morgan fingerprint density at radius 2 is 2.50 bits per heavy atom. The number of fused-ring (bicyclic) bond motifs is 1. The zero-order valence-corrected chi connectivity index (χ0v) is 4.07. The van der Waals surface area contributed by atoms with Gasteiger partial charge < -0.3 is 4.98 Å². The molecule has 2 rings (SSSR count). The SMILES string of the molecule is c1cc2[nH]cnn2n1. The van der Waals surface area contributed by atoms with E-state index in [0.29, 0.717) is 0 Å². The van der Waals surface area contributed by atoms with E-state index < -0.39 is 0 Å². The van der Waals surface area contributed by atoms with E-state index in [-0.39, 0.29) is 0 Å². The molecular formula is C4H4N4. The minimum Gasteiger partial charge on any atom is -0.328 e. The van der Waals surface area contributed by atoms with Crippen LogP contribution in [-0.2, 0) is 0 Å². The molecule has 1 N–H and O–H groups in total. The first-order valence-corrected chi connectivity index (χ1v) is 2.30. The zero-order valence-electron chi connectivity index (χ0n) is 4.07. The third-order valence-electron chi connectivity index (χ3n) is 1.00. The Morgan fingerprint density at radius 1 is 1.50 bits per heavy atom. The third-order valence-corrected chi connectivity index (χ3v) is 1.00. The quantitative estimate of drug-likeness (QED) is 0.518. The average molecular weight is 108 g/mol. The van der Waals surface area contributed by atoms with E-state index in [4.69, 9.17) is 0 Å². The Morgan fingerprint density at radius 3 is 3.38 bits per heavy atom. The van der Waals surface area contributed by atoms with Gasteiger partial charge in [-0.3, -0.25) is 0 Å². The number of hydrogen-bond donors (Lipinski definition) is 1. The van der Waals surface area contributed by atoms with E-state index in [2.05, 4.69) is 15.2 Å². The normalized spacial score (nSPS) is 10.5. The van der Waals surface area contributed by atoms with Crippen LogP contribution in [0.5, 0.6) is 0 Å². The Balaban J connectivity index is 3.06. The first-order chi connectivity index (χ1) is 3.97. The molecular weight excluding hydrogens is 104 g/mol. The molecule has 0 aliphatic rings. The molecule has 0 unspecified atom stereocenters. The number of hydrogen-bond acceptors (Lipinski definition) is 2. The van der Waals surface area contributed by atoms with Crippen molar-refractivity contribution in [3.8, 4) is 0 Å². The van der Waals surface area contributed by atoms with Crippen molar-refractivity contribution in [2.75, 3.05) is 0 Å². The van der Waals surface area contributed by atoms with Crippen molar-refractivity contribution < 1.29 is 0 Å². The Bertz CT molecular complexity index is 229. The largest absolute Gasteiger partial charge is 0.328 e. The Hall–Kier alpha value is -1.32. The second-order valence-corrected chi connectivity index (χ2v) is 1.49. The lowest BCUT2D eigenvalue weighted by molar-refractivity contribution is 0.821. The monoisotopic (exact) mass is 108 g/mol. The smallest absolute Gasteiger partial charge is 0.155 e. The summed E-state index contributed by atoms with van der Waals surface area (Å²) in [6.45, 7) is 0. The molecule has 0 fully saturated rings. The van der Waals surface area contributed by atoms with Crippen LogP contribution in [0.1, 0.15) is 0 Å². The van der Waals surface area contributed by atoms with E-state index in [1.165, 1.54) is 4.63 Å². The third kappa shape index (κ3) is 0.294. The van der Waals surface area contributed by atoms with E-state index in [0.717, 1.165) is 5.65 Å². The predicted octanol–water partition coefficient (Wildman–Crippen LogP) is 0.0574. The predicted molar refractivity (Wildman–Crippen MR) is 27.3 cm³/mol. The molecule has 0 radical (unpaired) electrons. The van der Waals surface area contributed by atoms with Gasteiger partial charge >= 0.3 is 0 Å². The van der Waals surface area contributed by atoms with Crippen LogP contribution >= 0.6 is 0 Å². The average Bonchev–Trinajstić information content (AvgIpc) is 2.15. The maximum Gasteiger partial charge on any atom is 0.155 e. The summed E-state index contributed by atoms with van der Waals surface area (Å²) in [6.07, 6.45) is 3.29. The molecule has 0 amide bonds. The van der Waals surface area contributed by atoms with Gasteiger partial charge in [0.15, 0.2) is 5.65 Å². The van der Waals surface area contributed by atoms with Crippen LogP contribution in [0.15, 0.2) is 18.6 Å². The van der Waals surface area contributed by atoms with Gasteiger partial charge in [-0.2, -0.15) is 5.10 Å². The highest BCUT2D eigenvalue weighted by atomic mass is 15.4. The first-order valence-electron chi connectivity index (χ1n) is 2.30. The maximum atomic E-state index is 3.85. The van der Waals surface area contributed by atoms with Crippen LogP contribution in [0, 0.1) is 0 Å². The molecule has 0 saturated heterocycles. The summed E-state index contributed by atoms with van der Waals surface area (Å²) in [4.78, 5) is 2.89. The molecule has 0 saturated carbocycles. The first kappa shape index (κ1) is 3.65. The van der Waals surface area contributed by atoms with Crippen molar-refractivity contribution in [1.82, 2.24) is 19.8 Å². The second kappa shape index (κ2) is 1.09. The van der Waals surface area contributed by atoms with Gasteiger partial charge in [-0.05, 0) is 0 Å². The van der Waals surface area contributed by atoms with Crippen LogP contribution in [0.3, 0.4) is 0 Å². The molecule has 2 aromatic heterocycles. The van der Waals surface area contributed by atoms with Crippen molar-refractivity contribution in [3.63, 3.8) is 0 Å². The van der Waals surface area contributed by atoms with Gasteiger partial charge in [-0.25, -0.2) is 0 Å². The number of H-pyrrole nitrogens is 1. The second-order valence-electron chi connectivity index (χ2n) is 1.49.